The minimum atomic E-state index is -1.09. The number of thiophene rings is 1. The summed E-state index contributed by atoms with van der Waals surface area (Å²) in [6.07, 6.45) is 0.187. The number of nitrogens with one attached hydrogen (secondary N) is 1. The van der Waals surface area contributed by atoms with Gasteiger partial charge in [-0.15, -0.1) is 11.3 Å². The van der Waals surface area contributed by atoms with Crippen molar-refractivity contribution < 1.29 is 24.2 Å². The van der Waals surface area contributed by atoms with E-state index in [1.165, 1.54) is 0 Å². The summed E-state index contributed by atoms with van der Waals surface area (Å²) in [4.78, 5) is 24.9. The Kier molecular flexibility index (Phi) is 7.38. The van der Waals surface area contributed by atoms with Crippen LogP contribution in [-0.4, -0.2) is 35.2 Å². The molecule has 1 aromatic carbocycles. The highest BCUT2D eigenvalue weighted by Crippen LogP contribution is 2.17. The summed E-state index contributed by atoms with van der Waals surface area (Å²) < 4.78 is 11.2. The largest absolute Gasteiger partial charge is 0.488 e. The minimum absolute atomic E-state index is 0.187. The van der Waals surface area contributed by atoms with Crippen molar-refractivity contribution in [1.29, 1.82) is 0 Å². The summed E-state index contributed by atoms with van der Waals surface area (Å²) in [5.74, 6) is -0.996. The molecular formula is C20H25NO5S. The Labute approximate surface area is 163 Å². The van der Waals surface area contributed by atoms with Crippen LogP contribution in [0, 0.1) is 0 Å². The first-order valence-electron chi connectivity index (χ1n) is 8.67. The van der Waals surface area contributed by atoms with Crippen LogP contribution in [0.2, 0.25) is 0 Å². The lowest BCUT2D eigenvalue weighted by atomic mass is 10.1. The molecule has 0 aliphatic heterocycles. The van der Waals surface area contributed by atoms with Gasteiger partial charge in [0.05, 0.1) is 5.60 Å². The molecule has 1 heterocycles. The highest BCUT2D eigenvalue weighted by Gasteiger charge is 2.22. The molecule has 7 heteroatoms. The third-order valence-corrected chi connectivity index (χ3v) is 4.45. The standard InChI is InChI=1S/C20H25NO5S/c1-20(2,3)26-10-9-17(19(23)24)21-18(22)14-6-4-7-15(12-14)25-13-16-8-5-11-27-16/h4-8,11-12,17H,9-10,13H2,1-3H3,(H,21,22)(H,23,24). The zero-order chi connectivity index (χ0) is 19.9. The molecule has 1 aromatic heterocycles. The van der Waals surface area contributed by atoms with Crippen LogP contribution < -0.4 is 10.1 Å². The average Bonchev–Trinajstić information content (AvgIpc) is 3.11. The summed E-state index contributed by atoms with van der Waals surface area (Å²) in [6.45, 7) is 6.34. The summed E-state index contributed by atoms with van der Waals surface area (Å²) in [5.41, 5.74) is -0.0111. The van der Waals surface area contributed by atoms with Crippen molar-refractivity contribution in [2.75, 3.05) is 6.61 Å². The van der Waals surface area contributed by atoms with Gasteiger partial charge in [0.1, 0.15) is 18.4 Å². The van der Waals surface area contributed by atoms with Crippen molar-refractivity contribution in [2.24, 2.45) is 0 Å². The molecule has 1 amide bonds. The van der Waals surface area contributed by atoms with Gasteiger partial charge in [-0.2, -0.15) is 0 Å². The van der Waals surface area contributed by atoms with Gasteiger partial charge in [0.15, 0.2) is 0 Å². The first-order chi connectivity index (χ1) is 12.7. The number of carboxylic acid groups (broad SMARTS) is 1. The van der Waals surface area contributed by atoms with Crippen molar-refractivity contribution in [3.8, 4) is 5.75 Å². The van der Waals surface area contributed by atoms with Gasteiger partial charge in [0, 0.05) is 23.5 Å². The minimum Gasteiger partial charge on any atom is -0.488 e. The first-order valence-corrected chi connectivity index (χ1v) is 9.55. The van der Waals surface area contributed by atoms with E-state index >= 15 is 0 Å². The van der Waals surface area contributed by atoms with Crippen LogP contribution in [0.25, 0.3) is 0 Å². The van der Waals surface area contributed by atoms with E-state index < -0.39 is 17.9 Å². The molecule has 0 saturated heterocycles. The van der Waals surface area contributed by atoms with E-state index in [0.717, 1.165) is 4.88 Å². The maximum absolute atomic E-state index is 12.4. The molecule has 0 saturated carbocycles. The van der Waals surface area contributed by atoms with E-state index in [1.807, 2.05) is 38.3 Å². The molecular weight excluding hydrogens is 366 g/mol. The molecule has 0 bridgehead atoms. The van der Waals surface area contributed by atoms with E-state index in [4.69, 9.17) is 9.47 Å². The topological polar surface area (TPSA) is 84.9 Å². The Morgan fingerprint density at radius 1 is 1.22 bits per heavy atom. The molecule has 6 nitrogen and oxygen atoms in total. The van der Waals surface area contributed by atoms with E-state index in [0.29, 0.717) is 17.9 Å². The molecule has 1 atom stereocenters. The lowest BCUT2D eigenvalue weighted by Gasteiger charge is -2.21. The first kappa shape index (κ1) is 20.9. The number of carbonyl (C=O) groups is 2. The van der Waals surface area contributed by atoms with Gasteiger partial charge in [-0.3, -0.25) is 4.79 Å². The molecule has 0 aliphatic rings. The second kappa shape index (κ2) is 9.53. The van der Waals surface area contributed by atoms with Crippen molar-refractivity contribution in [2.45, 2.75) is 45.4 Å². The molecule has 0 aliphatic carbocycles. The molecule has 146 valence electrons. The molecule has 0 spiro atoms. The summed E-state index contributed by atoms with van der Waals surface area (Å²) >= 11 is 1.59. The Morgan fingerprint density at radius 3 is 2.63 bits per heavy atom. The smallest absolute Gasteiger partial charge is 0.326 e. The van der Waals surface area contributed by atoms with Crippen LogP contribution in [0.5, 0.6) is 5.75 Å². The number of ether oxygens (including phenoxy) is 2. The van der Waals surface area contributed by atoms with Crippen molar-refractivity contribution in [3.63, 3.8) is 0 Å². The Balaban J connectivity index is 1.94. The van der Waals surface area contributed by atoms with Crippen LogP contribution in [0.1, 0.15) is 42.4 Å². The van der Waals surface area contributed by atoms with Crippen LogP contribution in [0.3, 0.4) is 0 Å². The SMILES string of the molecule is CC(C)(C)OCCC(NC(=O)c1cccc(OCc2cccs2)c1)C(=O)O. The zero-order valence-electron chi connectivity index (χ0n) is 15.7. The predicted molar refractivity (Wildman–Crippen MR) is 104 cm³/mol. The van der Waals surface area contributed by atoms with Gasteiger partial charge in [0.2, 0.25) is 0 Å². The van der Waals surface area contributed by atoms with Crippen LogP contribution in [0.15, 0.2) is 41.8 Å². The highest BCUT2D eigenvalue weighted by molar-refractivity contribution is 7.09. The number of aliphatic carboxylic acids is 1. The second-order valence-electron chi connectivity index (χ2n) is 7.01. The van der Waals surface area contributed by atoms with Crippen molar-refractivity contribution in [3.05, 3.63) is 52.2 Å². The third kappa shape index (κ3) is 7.40. The van der Waals surface area contributed by atoms with Crippen molar-refractivity contribution >= 4 is 23.2 Å². The maximum atomic E-state index is 12.4. The second-order valence-corrected chi connectivity index (χ2v) is 8.04. The molecule has 1 unspecified atom stereocenters. The number of carbonyl (C=O) groups excluding carboxylic acids is 1. The lowest BCUT2D eigenvalue weighted by molar-refractivity contribution is -0.140. The molecule has 0 radical (unpaired) electrons. The summed E-state index contributed by atoms with van der Waals surface area (Å²) in [6, 6.07) is 9.59. The lowest BCUT2D eigenvalue weighted by Crippen LogP contribution is -2.42. The van der Waals surface area contributed by atoms with Gasteiger partial charge in [-0.05, 0) is 50.4 Å². The number of benzene rings is 1. The Morgan fingerprint density at radius 2 is 2.00 bits per heavy atom. The number of rotatable bonds is 9. The fourth-order valence-corrected chi connectivity index (χ4v) is 2.87. The van der Waals surface area contributed by atoms with Crippen LogP contribution in [-0.2, 0) is 16.1 Å². The fraction of sp³-hybridized carbons (Fsp3) is 0.400. The predicted octanol–water partition coefficient (Wildman–Crippen LogP) is 3.72. The van der Waals surface area contributed by atoms with E-state index in [2.05, 4.69) is 5.32 Å². The van der Waals surface area contributed by atoms with Crippen LogP contribution >= 0.6 is 11.3 Å². The molecule has 2 aromatic rings. The van der Waals surface area contributed by atoms with Gasteiger partial charge in [0.25, 0.3) is 5.91 Å². The van der Waals surface area contributed by atoms with Crippen molar-refractivity contribution in [1.82, 2.24) is 5.32 Å². The number of hydrogen-bond acceptors (Lipinski definition) is 5. The number of hydrogen-bond donors (Lipinski definition) is 2. The van der Waals surface area contributed by atoms with E-state index in [1.54, 1.807) is 35.6 Å². The van der Waals surface area contributed by atoms with Gasteiger partial charge in [-0.1, -0.05) is 12.1 Å². The fourth-order valence-electron chi connectivity index (χ4n) is 2.26. The van der Waals surface area contributed by atoms with Gasteiger partial charge >= 0.3 is 5.97 Å². The monoisotopic (exact) mass is 391 g/mol. The van der Waals surface area contributed by atoms with Gasteiger partial charge in [-0.25, -0.2) is 4.79 Å². The van der Waals surface area contributed by atoms with E-state index in [9.17, 15) is 14.7 Å². The molecule has 2 N–H and O–H groups in total. The third-order valence-electron chi connectivity index (χ3n) is 3.60. The normalized spacial score (nSPS) is 12.4. The maximum Gasteiger partial charge on any atom is 0.326 e. The quantitative estimate of drug-likeness (QED) is 0.681. The molecule has 2 rings (SSSR count). The Hall–Kier alpha value is -2.38. The van der Waals surface area contributed by atoms with Crippen LogP contribution in [0.4, 0.5) is 0 Å². The average molecular weight is 391 g/mol. The highest BCUT2D eigenvalue weighted by atomic mass is 32.1. The molecule has 0 fully saturated rings. The zero-order valence-corrected chi connectivity index (χ0v) is 16.5. The van der Waals surface area contributed by atoms with E-state index in [-0.39, 0.29) is 18.6 Å². The Bertz CT molecular complexity index is 752. The summed E-state index contributed by atoms with van der Waals surface area (Å²) in [5, 5.41) is 13.9. The summed E-state index contributed by atoms with van der Waals surface area (Å²) in [7, 11) is 0. The molecule has 27 heavy (non-hydrogen) atoms. The number of carboxylic acids is 1. The van der Waals surface area contributed by atoms with Gasteiger partial charge < -0.3 is 19.9 Å². The number of amides is 1.